The predicted octanol–water partition coefficient (Wildman–Crippen LogP) is 10.4. The number of fused-ring (bicyclic) bond motifs is 7. The average molecular weight is 983 g/mol. The molecule has 0 aliphatic carbocycles. The van der Waals surface area contributed by atoms with Gasteiger partial charge in [-0.15, -0.1) is 43.1 Å². The Morgan fingerprint density at radius 2 is 1.25 bits per heavy atom. The van der Waals surface area contributed by atoms with E-state index in [1.54, 1.807) is 23.5 Å². The Labute approximate surface area is 414 Å². The number of pyridine rings is 1. The summed E-state index contributed by atoms with van der Waals surface area (Å²) in [6, 6.07) is 19.4. The van der Waals surface area contributed by atoms with E-state index in [4.69, 9.17) is 14.4 Å². The summed E-state index contributed by atoms with van der Waals surface area (Å²) < 4.78 is 12.4. The van der Waals surface area contributed by atoms with Gasteiger partial charge in [0, 0.05) is 68.4 Å². The molecule has 352 valence electrons. The Kier molecular flexibility index (Phi) is 14.3. The smallest absolute Gasteiger partial charge is 0.202 e. The van der Waals surface area contributed by atoms with Crippen molar-refractivity contribution < 1.29 is 4.42 Å². The number of benzene rings is 3. The van der Waals surface area contributed by atoms with E-state index < -0.39 is 0 Å². The molecule has 0 atom stereocenters. The van der Waals surface area contributed by atoms with Gasteiger partial charge in [0.05, 0.1) is 41.7 Å². The molecule has 17 heteroatoms. The molecule has 3 aromatic carbocycles. The van der Waals surface area contributed by atoms with Crippen LogP contribution in [0, 0.1) is 20.8 Å². The van der Waals surface area contributed by atoms with Gasteiger partial charge in [-0.1, -0.05) is 60.8 Å². The van der Waals surface area contributed by atoms with E-state index in [0.29, 0.717) is 5.76 Å². The van der Waals surface area contributed by atoms with Crippen LogP contribution in [-0.4, -0.2) is 110 Å². The van der Waals surface area contributed by atoms with Gasteiger partial charge in [0.25, 0.3) is 0 Å². The molecule has 68 heavy (non-hydrogen) atoms. The second-order valence-corrected chi connectivity index (χ2v) is 22.1. The number of thioether (sulfide) groups is 2. The van der Waals surface area contributed by atoms with Crippen LogP contribution in [0.1, 0.15) is 63.4 Å². The molecule has 0 fully saturated rings. The second kappa shape index (κ2) is 20.9. The Morgan fingerprint density at radius 3 is 1.90 bits per heavy atom. The summed E-state index contributed by atoms with van der Waals surface area (Å²) in [5, 5.41) is 23.1. The lowest BCUT2D eigenvalue weighted by Crippen LogP contribution is -2.27. The summed E-state index contributed by atoms with van der Waals surface area (Å²) >= 11 is 7.28. The molecule has 0 unspecified atom stereocenters. The number of aryl methyl sites for hydroxylation is 4. The summed E-state index contributed by atoms with van der Waals surface area (Å²) in [4.78, 5) is 23.5. The molecular formula is C51H58N12OS4. The highest BCUT2D eigenvalue weighted by Gasteiger charge is 2.21. The Bertz CT molecular complexity index is 3200. The maximum atomic E-state index is 5.47. The fourth-order valence-electron chi connectivity index (χ4n) is 9.45. The third-order valence-electron chi connectivity index (χ3n) is 13.1. The number of thiazole rings is 2. The van der Waals surface area contributed by atoms with E-state index in [-0.39, 0.29) is 0 Å². The van der Waals surface area contributed by atoms with E-state index in [0.717, 1.165) is 151 Å². The first-order chi connectivity index (χ1) is 33.2. The van der Waals surface area contributed by atoms with Gasteiger partial charge in [0.15, 0.2) is 28.3 Å². The van der Waals surface area contributed by atoms with Crippen LogP contribution in [-0.2, 0) is 46.2 Å². The van der Waals surface area contributed by atoms with Gasteiger partial charge < -0.3 is 23.4 Å². The number of nitrogens with zero attached hydrogens (tertiary/aromatic N) is 12. The van der Waals surface area contributed by atoms with Gasteiger partial charge in [0.2, 0.25) is 5.82 Å². The molecule has 8 heterocycles. The lowest BCUT2D eigenvalue weighted by molar-refractivity contribution is 0.289. The molecule has 13 nitrogen and oxygen atoms in total. The van der Waals surface area contributed by atoms with Crippen molar-refractivity contribution in [2.24, 2.45) is 14.1 Å². The molecule has 0 saturated carbocycles. The maximum absolute atomic E-state index is 5.47. The molecule has 6 aromatic heterocycles. The van der Waals surface area contributed by atoms with Gasteiger partial charge in [0.1, 0.15) is 0 Å². The Morgan fingerprint density at radius 1 is 0.632 bits per heavy atom. The quantitative estimate of drug-likeness (QED) is 0.0803. The van der Waals surface area contributed by atoms with E-state index in [1.807, 2.05) is 54.2 Å². The van der Waals surface area contributed by atoms with Crippen molar-refractivity contribution in [1.29, 1.82) is 0 Å². The van der Waals surface area contributed by atoms with Gasteiger partial charge >= 0.3 is 0 Å². The molecule has 9 aromatic rings. The largest absolute Gasteiger partial charge is 0.440 e. The fourth-order valence-corrected chi connectivity index (χ4v) is 13.2. The monoisotopic (exact) mass is 982 g/mol. The van der Waals surface area contributed by atoms with E-state index >= 15 is 0 Å². The molecule has 0 radical (unpaired) electrons. The van der Waals surface area contributed by atoms with Gasteiger partial charge in [-0.2, -0.15) is 0 Å². The number of oxazole rings is 1. The van der Waals surface area contributed by atoms with E-state index in [1.165, 1.54) is 54.1 Å². The Hall–Kier alpha value is -5.04. The maximum Gasteiger partial charge on any atom is 0.202 e. The third-order valence-corrected chi connectivity index (χ3v) is 17.7. The van der Waals surface area contributed by atoms with Crippen molar-refractivity contribution >= 4 is 77.5 Å². The number of aromatic nitrogens is 10. The van der Waals surface area contributed by atoms with Crippen LogP contribution in [0.15, 0.2) is 75.7 Å². The molecular weight excluding hydrogens is 925 g/mol. The zero-order valence-corrected chi connectivity index (χ0v) is 43.1. The van der Waals surface area contributed by atoms with Crippen LogP contribution in [0.3, 0.4) is 0 Å². The predicted molar refractivity (Wildman–Crippen MR) is 279 cm³/mol. The molecule has 0 N–H and O–H groups in total. The van der Waals surface area contributed by atoms with Gasteiger partial charge in [-0.3, -0.25) is 4.98 Å². The standard InChI is InChI=1S/C28H30N6S2.C23H28N6OS2/c1-18-8-10-22-23(6-4-7-24(22)29-18)27-31-32-28(33(27)3)35-17-5-14-34-15-12-20-9-11-25-26(21(20)13-16-34)36-19(2)30-25;1-4-19-25-18-7-6-16-8-11-29(12-9-17(16)21(18)32-19)10-5-13-31-23-27-26-22(28(23)3)20-15(2)24-14-30-20/h4,6-11H,5,12-17H2,1-3H3;6-7,14H,4-5,8-13H2,1-3H3. The molecule has 2 aliphatic heterocycles. The summed E-state index contributed by atoms with van der Waals surface area (Å²) in [5.74, 6) is 4.36. The second-order valence-electron chi connectivity index (χ2n) is 17.7. The minimum atomic E-state index is 0.692. The van der Waals surface area contributed by atoms with Crippen molar-refractivity contribution in [2.75, 3.05) is 50.8 Å². The topological polar surface area (TPSA) is 133 Å². The van der Waals surface area contributed by atoms with Crippen LogP contribution in [0.25, 0.3) is 54.3 Å². The van der Waals surface area contributed by atoms with Crippen LogP contribution in [0.2, 0.25) is 0 Å². The van der Waals surface area contributed by atoms with Crippen molar-refractivity contribution in [1.82, 2.24) is 59.3 Å². The van der Waals surface area contributed by atoms with Crippen molar-refractivity contribution in [3.05, 3.63) is 105 Å². The normalized spacial score (nSPS) is 14.6. The van der Waals surface area contributed by atoms with Crippen LogP contribution < -0.4 is 0 Å². The first kappa shape index (κ1) is 46.7. The van der Waals surface area contributed by atoms with Crippen molar-refractivity contribution in [3.8, 4) is 23.0 Å². The molecule has 11 rings (SSSR count). The highest BCUT2D eigenvalue weighted by Crippen LogP contribution is 2.34. The van der Waals surface area contributed by atoms with E-state index in [2.05, 4.69) is 114 Å². The highest BCUT2D eigenvalue weighted by atomic mass is 32.2. The van der Waals surface area contributed by atoms with Crippen LogP contribution >= 0.6 is 46.2 Å². The fraction of sp³-hybridized carbons (Fsp3) is 0.412. The lowest BCUT2D eigenvalue weighted by atomic mass is 10.0. The number of hydrogen-bond donors (Lipinski definition) is 0. The van der Waals surface area contributed by atoms with Crippen LogP contribution in [0.5, 0.6) is 0 Å². The average Bonchev–Trinajstić information content (AvgIpc) is 4.15. The third kappa shape index (κ3) is 10.0. The lowest BCUT2D eigenvalue weighted by Gasteiger charge is -2.19. The summed E-state index contributed by atoms with van der Waals surface area (Å²) in [7, 11) is 4.04. The van der Waals surface area contributed by atoms with Crippen LogP contribution in [0.4, 0.5) is 0 Å². The van der Waals surface area contributed by atoms with Crippen molar-refractivity contribution in [2.45, 2.75) is 83.0 Å². The van der Waals surface area contributed by atoms with Crippen molar-refractivity contribution in [3.63, 3.8) is 0 Å². The zero-order chi connectivity index (χ0) is 46.7. The Balaban J connectivity index is 0.000000160. The SMILES string of the molecule is CCc1nc2ccc3c(c2s1)CCN(CCCSc1nnc(-c2ocnc2C)n1C)CC3.Cc1ccc2c(-c3nnc(SCCCN4CCc5ccc6nc(C)sc6c5CC4)n3C)cccc2n1. The minimum absolute atomic E-state index is 0.692. The molecule has 2 aliphatic rings. The summed E-state index contributed by atoms with van der Waals surface area (Å²) in [6.45, 7) is 15.0. The van der Waals surface area contributed by atoms with Gasteiger partial charge in [-0.05, 0) is 125 Å². The number of rotatable bonds is 13. The first-order valence-corrected chi connectivity index (χ1v) is 27.4. The molecule has 0 spiro atoms. The van der Waals surface area contributed by atoms with E-state index in [9.17, 15) is 0 Å². The number of hydrogen-bond acceptors (Lipinski definition) is 15. The summed E-state index contributed by atoms with van der Waals surface area (Å²) in [6.07, 6.45) is 9.22. The molecule has 0 saturated heterocycles. The zero-order valence-electron chi connectivity index (χ0n) is 39.8. The first-order valence-electron chi connectivity index (χ1n) is 23.7. The molecule has 0 amide bonds. The highest BCUT2D eigenvalue weighted by molar-refractivity contribution is 7.99. The minimum Gasteiger partial charge on any atom is -0.440 e. The molecule has 0 bridgehead atoms. The van der Waals surface area contributed by atoms with Gasteiger partial charge in [-0.25, -0.2) is 15.0 Å². The summed E-state index contributed by atoms with van der Waals surface area (Å²) in [5.41, 5.74) is 12.4.